The lowest BCUT2D eigenvalue weighted by Crippen LogP contribution is -2.29. The molecule has 0 saturated heterocycles. The molecule has 3 rings (SSSR count). The SMILES string of the molecule is COc1ncc(NNC(=O)c2csc(-c3ccccc3)n2)cc1F. The molecule has 2 heterocycles. The van der Waals surface area contributed by atoms with Crippen LogP contribution >= 0.6 is 11.3 Å². The van der Waals surface area contributed by atoms with E-state index in [0.29, 0.717) is 5.69 Å². The fourth-order valence-electron chi connectivity index (χ4n) is 1.93. The van der Waals surface area contributed by atoms with E-state index in [1.54, 1.807) is 5.38 Å². The van der Waals surface area contributed by atoms with Crippen LogP contribution in [-0.4, -0.2) is 23.0 Å². The first kappa shape index (κ1) is 15.9. The first-order chi connectivity index (χ1) is 11.7. The lowest BCUT2D eigenvalue weighted by atomic mass is 10.2. The maximum Gasteiger partial charge on any atom is 0.289 e. The van der Waals surface area contributed by atoms with Crippen LogP contribution < -0.4 is 15.6 Å². The number of anilines is 1. The van der Waals surface area contributed by atoms with Crippen LogP contribution in [0.5, 0.6) is 5.88 Å². The smallest absolute Gasteiger partial charge is 0.289 e. The fourth-order valence-corrected chi connectivity index (χ4v) is 2.73. The first-order valence-corrected chi connectivity index (χ1v) is 7.82. The Kier molecular flexibility index (Phi) is 4.66. The van der Waals surface area contributed by atoms with Gasteiger partial charge < -0.3 is 4.74 Å². The number of pyridine rings is 1. The lowest BCUT2D eigenvalue weighted by Gasteiger charge is -2.08. The van der Waals surface area contributed by atoms with Crippen molar-refractivity contribution in [2.75, 3.05) is 12.5 Å². The van der Waals surface area contributed by atoms with Crippen LogP contribution in [0.1, 0.15) is 10.5 Å². The summed E-state index contributed by atoms with van der Waals surface area (Å²) in [6, 6.07) is 10.7. The van der Waals surface area contributed by atoms with Gasteiger partial charge in [-0.1, -0.05) is 30.3 Å². The van der Waals surface area contributed by atoms with Crippen LogP contribution in [0.3, 0.4) is 0 Å². The summed E-state index contributed by atoms with van der Waals surface area (Å²) in [6.07, 6.45) is 1.35. The van der Waals surface area contributed by atoms with E-state index < -0.39 is 11.7 Å². The number of thiazole rings is 1. The molecule has 0 atom stereocenters. The van der Waals surface area contributed by atoms with Gasteiger partial charge in [0, 0.05) is 17.0 Å². The van der Waals surface area contributed by atoms with Crippen LogP contribution in [0.4, 0.5) is 10.1 Å². The highest BCUT2D eigenvalue weighted by atomic mass is 32.1. The number of nitrogens with one attached hydrogen (secondary N) is 2. The van der Waals surface area contributed by atoms with Gasteiger partial charge in [0.2, 0.25) is 5.88 Å². The third-order valence-corrected chi connectivity index (χ3v) is 3.97. The highest BCUT2D eigenvalue weighted by Gasteiger charge is 2.12. The van der Waals surface area contributed by atoms with Crippen molar-refractivity contribution in [2.45, 2.75) is 0 Å². The van der Waals surface area contributed by atoms with E-state index in [9.17, 15) is 9.18 Å². The molecule has 0 bridgehead atoms. The highest BCUT2D eigenvalue weighted by molar-refractivity contribution is 7.13. The first-order valence-electron chi connectivity index (χ1n) is 6.94. The quantitative estimate of drug-likeness (QED) is 0.696. The van der Waals surface area contributed by atoms with Crippen LogP contribution in [0.15, 0.2) is 48.0 Å². The van der Waals surface area contributed by atoms with Crippen LogP contribution in [0, 0.1) is 5.82 Å². The van der Waals surface area contributed by atoms with Crippen molar-refractivity contribution in [3.05, 3.63) is 59.5 Å². The van der Waals surface area contributed by atoms with Gasteiger partial charge in [-0.05, 0) is 0 Å². The van der Waals surface area contributed by atoms with Gasteiger partial charge in [0.05, 0.1) is 19.0 Å². The molecule has 122 valence electrons. The Hall–Kier alpha value is -3.00. The summed E-state index contributed by atoms with van der Waals surface area (Å²) >= 11 is 1.37. The maximum absolute atomic E-state index is 13.5. The predicted molar refractivity (Wildman–Crippen MR) is 89.4 cm³/mol. The Morgan fingerprint density at radius 3 is 2.79 bits per heavy atom. The molecule has 0 radical (unpaired) electrons. The van der Waals surface area contributed by atoms with Gasteiger partial charge in [0.15, 0.2) is 5.82 Å². The van der Waals surface area contributed by atoms with Crippen molar-refractivity contribution in [3.63, 3.8) is 0 Å². The summed E-state index contributed by atoms with van der Waals surface area (Å²) in [5, 5.41) is 2.41. The number of aromatic nitrogens is 2. The van der Waals surface area contributed by atoms with Gasteiger partial charge in [0.1, 0.15) is 10.7 Å². The topological polar surface area (TPSA) is 76.1 Å². The Bertz CT molecular complexity index is 854. The molecular weight excluding hydrogens is 331 g/mol. The molecule has 0 saturated carbocycles. The molecule has 0 spiro atoms. The van der Waals surface area contributed by atoms with Gasteiger partial charge >= 0.3 is 0 Å². The van der Waals surface area contributed by atoms with E-state index in [1.165, 1.54) is 30.7 Å². The van der Waals surface area contributed by atoms with E-state index >= 15 is 0 Å². The molecule has 0 aliphatic heterocycles. The number of carbonyl (C=O) groups is 1. The van der Waals surface area contributed by atoms with Crippen molar-refractivity contribution < 1.29 is 13.9 Å². The number of amides is 1. The number of halogens is 1. The average Bonchev–Trinajstić information content (AvgIpc) is 3.11. The molecule has 1 aromatic carbocycles. The fraction of sp³-hybridized carbons (Fsp3) is 0.0625. The second-order valence-electron chi connectivity index (χ2n) is 4.70. The van der Waals surface area contributed by atoms with Gasteiger partial charge in [0.25, 0.3) is 5.91 Å². The van der Waals surface area contributed by atoms with E-state index in [0.717, 1.165) is 10.6 Å². The van der Waals surface area contributed by atoms with Crippen LogP contribution in [0.25, 0.3) is 10.6 Å². The third kappa shape index (κ3) is 3.49. The number of carbonyl (C=O) groups excluding carboxylic acids is 1. The molecular formula is C16H13FN4O2S. The number of benzene rings is 1. The number of nitrogens with zero attached hydrogens (tertiary/aromatic N) is 2. The minimum Gasteiger partial charge on any atom is -0.479 e. The van der Waals surface area contributed by atoms with E-state index in [2.05, 4.69) is 20.8 Å². The molecule has 2 aromatic heterocycles. The number of hydrazine groups is 1. The number of hydrogen-bond acceptors (Lipinski definition) is 6. The average molecular weight is 344 g/mol. The molecule has 0 aliphatic rings. The molecule has 0 fully saturated rings. The standard InChI is InChI=1S/C16H13FN4O2S/c1-23-15-12(17)7-11(8-18-15)20-21-14(22)13-9-24-16(19-13)10-5-3-2-4-6-10/h2-9,20H,1H3,(H,21,22). The van der Waals surface area contributed by atoms with Crippen molar-refractivity contribution in [2.24, 2.45) is 0 Å². The molecule has 0 aliphatic carbocycles. The summed E-state index contributed by atoms with van der Waals surface area (Å²) in [6.45, 7) is 0. The van der Waals surface area contributed by atoms with E-state index in [4.69, 9.17) is 4.74 Å². The summed E-state index contributed by atoms with van der Waals surface area (Å²) in [4.78, 5) is 20.2. The second kappa shape index (κ2) is 7.05. The molecule has 2 N–H and O–H groups in total. The number of methoxy groups -OCH3 is 1. The van der Waals surface area contributed by atoms with Crippen molar-refractivity contribution in [3.8, 4) is 16.5 Å². The molecule has 6 nitrogen and oxygen atoms in total. The van der Waals surface area contributed by atoms with Crippen molar-refractivity contribution in [1.29, 1.82) is 0 Å². The van der Waals surface area contributed by atoms with Gasteiger partial charge in [-0.15, -0.1) is 11.3 Å². The molecule has 1 amide bonds. The lowest BCUT2D eigenvalue weighted by molar-refractivity contribution is 0.0958. The minimum atomic E-state index is -0.628. The Balaban J connectivity index is 1.65. The zero-order valence-corrected chi connectivity index (χ0v) is 13.4. The van der Waals surface area contributed by atoms with Crippen LogP contribution in [0.2, 0.25) is 0 Å². The second-order valence-corrected chi connectivity index (χ2v) is 5.56. The largest absolute Gasteiger partial charge is 0.479 e. The van der Waals surface area contributed by atoms with Crippen molar-refractivity contribution in [1.82, 2.24) is 15.4 Å². The summed E-state index contributed by atoms with van der Waals surface area (Å²) in [5.41, 5.74) is 6.55. The molecule has 3 aromatic rings. The van der Waals surface area contributed by atoms with Crippen molar-refractivity contribution >= 4 is 22.9 Å². The highest BCUT2D eigenvalue weighted by Crippen LogP contribution is 2.23. The number of hydrogen-bond donors (Lipinski definition) is 2. The Morgan fingerprint density at radius 1 is 1.29 bits per heavy atom. The number of rotatable bonds is 5. The predicted octanol–water partition coefficient (Wildman–Crippen LogP) is 3.11. The summed E-state index contributed by atoms with van der Waals surface area (Å²) in [7, 11) is 1.33. The van der Waals surface area contributed by atoms with Gasteiger partial charge in [-0.25, -0.2) is 14.4 Å². The van der Waals surface area contributed by atoms with Crippen LogP contribution in [-0.2, 0) is 0 Å². The van der Waals surface area contributed by atoms with Gasteiger partial charge in [-0.3, -0.25) is 15.6 Å². The molecule has 8 heteroatoms. The zero-order valence-electron chi connectivity index (χ0n) is 12.6. The van der Waals surface area contributed by atoms with E-state index in [1.807, 2.05) is 30.3 Å². The third-order valence-electron chi connectivity index (χ3n) is 3.08. The number of ether oxygens (including phenoxy) is 1. The molecule has 24 heavy (non-hydrogen) atoms. The summed E-state index contributed by atoms with van der Waals surface area (Å²) in [5.74, 6) is -1.17. The van der Waals surface area contributed by atoms with E-state index in [-0.39, 0.29) is 11.6 Å². The monoisotopic (exact) mass is 344 g/mol. The van der Waals surface area contributed by atoms with Gasteiger partial charge in [-0.2, -0.15) is 0 Å². The minimum absolute atomic E-state index is 0.112. The Morgan fingerprint density at radius 2 is 2.08 bits per heavy atom. The maximum atomic E-state index is 13.5. The normalized spacial score (nSPS) is 10.2. The zero-order chi connectivity index (χ0) is 16.9. The molecule has 0 unspecified atom stereocenters. The Labute approximate surface area is 141 Å². The summed E-state index contributed by atoms with van der Waals surface area (Å²) < 4.78 is 18.3.